The van der Waals surface area contributed by atoms with Crippen molar-refractivity contribution >= 4 is 6.09 Å². The molecule has 0 aliphatic carbocycles. The topological polar surface area (TPSA) is 68.2 Å². The molecule has 2 atom stereocenters. The first-order chi connectivity index (χ1) is 15.4. The van der Waals surface area contributed by atoms with Crippen LogP contribution >= 0.6 is 0 Å². The zero-order valence-corrected chi connectivity index (χ0v) is 21.8. The second kappa shape index (κ2) is 11.6. The van der Waals surface area contributed by atoms with Crippen LogP contribution in [0.25, 0.3) is 0 Å². The van der Waals surface area contributed by atoms with E-state index >= 15 is 0 Å². The summed E-state index contributed by atoms with van der Waals surface area (Å²) in [7, 11) is 1.70. The van der Waals surface area contributed by atoms with Gasteiger partial charge in [-0.15, -0.1) is 0 Å². The third-order valence-electron chi connectivity index (χ3n) is 5.92. The molecule has 1 N–H and O–H groups in total. The average Bonchev–Trinajstić information content (AvgIpc) is 2.74. The molecule has 0 spiro atoms. The van der Waals surface area contributed by atoms with E-state index in [0.717, 1.165) is 37.0 Å². The summed E-state index contributed by atoms with van der Waals surface area (Å²) < 4.78 is 17.1. The summed E-state index contributed by atoms with van der Waals surface area (Å²) in [4.78, 5) is 14.5. The minimum absolute atomic E-state index is 0.00203. The molecular formula is C27H45NO5. The second-order valence-electron chi connectivity index (χ2n) is 11.5. The summed E-state index contributed by atoms with van der Waals surface area (Å²) in [6.45, 7) is 14.3. The van der Waals surface area contributed by atoms with Crippen molar-refractivity contribution in [2.24, 2.45) is 11.3 Å². The van der Waals surface area contributed by atoms with Crippen LogP contribution in [0.5, 0.6) is 5.75 Å². The summed E-state index contributed by atoms with van der Waals surface area (Å²) in [5.41, 5.74) is -0.846. The molecule has 6 heteroatoms. The van der Waals surface area contributed by atoms with Gasteiger partial charge in [-0.2, -0.15) is 0 Å². The summed E-state index contributed by atoms with van der Waals surface area (Å²) >= 11 is 0. The molecule has 33 heavy (non-hydrogen) atoms. The van der Waals surface area contributed by atoms with Crippen LogP contribution in [0.1, 0.15) is 79.2 Å². The van der Waals surface area contributed by atoms with Crippen molar-refractivity contribution in [3.05, 3.63) is 29.8 Å². The standard InChI is InChI=1S/C27H45NO5/c1-25(2,3)20-32-23-15-9-8-14-22(23)27(30,16-10-11-18-31-7)21-13-12-17-28(19-21)24(29)33-26(4,5)6/h8-9,14-15,21,30H,10-13,16-20H2,1-7H3/t21-,27+/m1/s1. The highest BCUT2D eigenvalue weighted by atomic mass is 16.6. The highest BCUT2D eigenvalue weighted by Gasteiger charge is 2.43. The number of hydrogen-bond donors (Lipinski definition) is 1. The lowest BCUT2D eigenvalue weighted by Crippen LogP contribution is -2.49. The molecule has 0 saturated carbocycles. The fourth-order valence-corrected chi connectivity index (χ4v) is 4.30. The van der Waals surface area contributed by atoms with Crippen molar-refractivity contribution in [3.8, 4) is 5.75 Å². The molecule has 0 bridgehead atoms. The number of nitrogens with zero attached hydrogens (tertiary/aromatic N) is 1. The van der Waals surface area contributed by atoms with Gasteiger partial charge < -0.3 is 24.2 Å². The monoisotopic (exact) mass is 463 g/mol. The molecule has 1 aliphatic rings. The van der Waals surface area contributed by atoms with E-state index in [9.17, 15) is 9.90 Å². The number of benzene rings is 1. The number of hydrogen-bond acceptors (Lipinski definition) is 5. The van der Waals surface area contributed by atoms with Crippen LogP contribution in [0.2, 0.25) is 0 Å². The number of likely N-dealkylation sites (tertiary alicyclic amines) is 1. The van der Waals surface area contributed by atoms with Gasteiger partial charge in [-0.1, -0.05) is 39.0 Å². The van der Waals surface area contributed by atoms with Gasteiger partial charge in [-0.25, -0.2) is 4.79 Å². The number of piperidine rings is 1. The minimum Gasteiger partial charge on any atom is -0.493 e. The summed E-state index contributed by atoms with van der Waals surface area (Å²) in [6, 6.07) is 7.81. The average molecular weight is 464 g/mol. The quantitative estimate of drug-likeness (QED) is 0.471. The molecule has 1 saturated heterocycles. The Morgan fingerprint density at radius 2 is 1.82 bits per heavy atom. The molecule has 1 aromatic carbocycles. The van der Waals surface area contributed by atoms with E-state index in [1.807, 2.05) is 45.0 Å². The Morgan fingerprint density at radius 1 is 1.12 bits per heavy atom. The minimum atomic E-state index is -1.11. The smallest absolute Gasteiger partial charge is 0.410 e. The molecule has 0 unspecified atom stereocenters. The van der Waals surface area contributed by atoms with E-state index in [-0.39, 0.29) is 17.4 Å². The van der Waals surface area contributed by atoms with Gasteiger partial charge in [0.1, 0.15) is 11.4 Å². The third kappa shape index (κ3) is 8.49. The predicted octanol–water partition coefficient (Wildman–Crippen LogP) is 5.76. The SMILES string of the molecule is COCCCC[C@@](O)(c1ccccc1OCC(C)(C)C)[C@@H]1CCCN(C(=O)OC(C)(C)C)C1. The zero-order valence-electron chi connectivity index (χ0n) is 21.8. The molecule has 2 rings (SSSR count). The number of unbranched alkanes of at least 4 members (excludes halogenated alkanes) is 1. The Hall–Kier alpha value is -1.79. The molecule has 188 valence electrons. The molecule has 0 aromatic heterocycles. The molecule has 1 aromatic rings. The normalized spacial score (nSPS) is 19.2. The van der Waals surface area contributed by atoms with Gasteiger partial charge in [0.15, 0.2) is 0 Å². The lowest BCUT2D eigenvalue weighted by Gasteiger charge is -2.43. The van der Waals surface area contributed by atoms with Gasteiger partial charge in [0, 0.05) is 38.3 Å². The number of rotatable bonds is 9. The number of ether oxygens (including phenoxy) is 3. The molecule has 1 fully saturated rings. The van der Waals surface area contributed by atoms with E-state index in [2.05, 4.69) is 20.8 Å². The van der Waals surface area contributed by atoms with Crippen molar-refractivity contribution in [2.45, 2.75) is 84.8 Å². The summed E-state index contributed by atoms with van der Waals surface area (Å²) in [5.74, 6) is 0.608. The first-order valence-electron chi connectivity index (χ1n) is 12.3. The van der Waals surface area contributed by atoms with Gasteiger partial charge in [0.2, 0.25) is 0 Å². The van der Waals surface area contributed by atoms with E-state index in [0.29, 0.717) is 32.7 Å². The van der Waals surface area contributed by atoms with Gasteiger partial charge in [-0.05, 0) is 64.4 Å². The van der Waals surface area contributed by atoms with Crippen molar-refractivity contribution in [3.63, 3.8) is 0 Å². The molecule has 0 radical (unpaired) electrons. The second-order valence-corrected chi connectivity index (χ2v) is 11.5. The van der Waals surface area contributed by atoms with Gasteiger partial charge >= 0.3 is 6.09 Å². The number of amides is 1. The maximum atomic E-state index is 12.8. The number of methoxy groups -OCH3 is 1. The largest absolute Gasteiger partial charge is 0.493 e. The fourth-order valence-electron chi connectivity index (χ4n) is 4.30. The number of aliphatic hydroxyl groups is 1. The van der Waals surface area contributed by atoms with E-state index in [4.69, 9.17) is 14.2 Å². The van der Waals surface area contributed by atoms with Crippen LogP contribution in [0.15, 0.2) is 24.3 Å². The Kier molecular flexibility index (Phi) is 9.62. The predicted molar refractivity (Wildman–Crippen MR) is 132 cm³/mol. The first-order valence-corrected chi connectivity index (χ1v) is 12.3. The molecule has 6 nitrogen and oxygen atoms in total. The van der Waals surface area contributed by atoms with Crippen molar-refractivity contribution in [2.75, 3.05) is 33.4 Å². The summed E-state index contributed by atoms with van der Waals surface area (Å²) in [5, 5.41) is 12.2. The number of carbonyl (C=O) groups excluding carboxylic acids is 1. The Balaban J connectivity index is 2.32. The fraction of sp³-hybridized carbons (Fsp3) is 0.741. The molecular weight excluding hydrogens is 418 g/mol. The summed E-state index contributed by atoms with van der Waals surface area (Å²) in [6.07, 6.45) is 3.63. The third-order valence-corrected chi connectivity index (χ3v) is 5.92. The molecule has 1 amide bonds. The van der Waals surface area contributed by atoms with E-state index in [1.165, 1.54) is 0 Å². The van der Waals surface area contributed by atoms with E-state index < -0.39 is 11.2 Å². The maximum absolute atomic E-state index is 12.8. The van der Waals surface area contributed by atoms with Crippen LogP contribution in [0.4, 0.5) is 4.79 Å². The highest BCUT2D eigenvalue weighted by Crippen LogP contribution is 2.43. The Labute approximate surface area is 200 Å². The van der Waals surface area contributed by atoms with Crippen molar-refractivity contribution in [1.82, 2.24) is 4.90 Å². The highest BCUT2D eigenvalue weighted by molar-refractivity contribution is 5.68. The zero-order chi connectivity index (χ0) is 24.7. The lowest BCUT2D eigenvalue weighted by atomic mass is 9.73. The Bertz CT molecular complexity index is 752. The number of carbonyl (C=O) groups is 1. The van der Waals surface area contributed by atoms with Crippen LogP contribution in [-0.4, -0.2) is 55.1 Å². The van der Waals surface area contributed by atoms with Crippen molar-refractivity contribution in [1.29, 1.82) is 0 Å². The van der Waals surface area contributed by atoms with Crippen molar-refractivity contribution < 1.29 is 24.1 Å². The van der Waals surface area contributed by atoms with Gasteiger partial charge in [-0.3, -0.25) is 0 Å². The van der Waals surface area contributed by atoms with Crippen LogP contribution in [0.3, 0.4) is 0 Å². The van der Waals surface area contributed by atoms with Crippen LogP contribution < -0.4 is 4.74 Å². The van der Waals surface area contributed by atoms with Crippen LogP contribution in [0, 0.1) is 11.3 Å². The van der Waals surface area contributed by atoms with E-state index in [1.54, 1.807) is 12.0 Å². The molecule has 1 aliphatic heterocycles. The lowest BCUT2D eigenvalue weighted by molar-refractivity contribution is -0.0658. The number of para-hydroxylation sites is 1. The van der Waals surface area contributed by atoms with Gasteiger partial charge in [0.05, 0.1) is 12.2 Å². The maximum Gasteiger partial charge on any atom is 0.410 e. The van der Waals surface area contributed by atoms with Gasteiger partial charge in [0.25, 0.3) is 0 Å². The first kappa shape index (κ1) is 27.5. The van der Waals surface area contributed by atoms with Crippen LogP contribution in [-0.2, 0) is 15.1 Å². The Morgan fingerprint density at radius 3 is 2.45 bits per heavy atom. The molecule has 1 heterocycles.